The Hall–Kier alpha value is -3.56. The van der Waals surface area contributed by atoms with Gasteiger partial charge in [-0.25, -0.2) is 9.97 Å². The Morgan fingerprint density at radius 2 is 1.97 bits per heavy atom. The van der Waals surface area contributed by atoms with Crippen molar-refractivity contribution in [2.75, 3.05) is 26.3 Å². The molecule has 9 nitrogen and oxygen atoms in total. The second-order valence-corrected chi connectivity index (χ2v) is 7.41. The van der Waals surface area contributed by atoms with E-state index in [1.54, 1.807) is 29.5 Å². The Morgan fingerprint density at radius 3 is 2.81 bits per heavy atom. The number of morpholine rings is 1. The first-order valence-corrected chi connectivity index (χ1v) is 10.3. The van der Waals surface area contributed by atoms with E-state index in [0.717, 1.165) is 49.6 Å². The van der Waals surface area contributed by atoms with Crippen LogP contribution in [-0.2, 0) is 17.8 Å². The number of fused-ring (bicyclic) bond motifs is 1. The first-order chi connectivity index (χ1) is 15.3. The number of nitrogens with zero attached hydrogens (tertiary/aromatic N) is 6. The van der Waals surface area contributed by atoms with Crippen LogP contribution in [0.5, 0.6) is 0 Å². The zero-order valence-corrected chi connectivity index (χ0v) is 17.0. The molecule has 5 heterocycles. The molecule has 1 aliphatic rings. The molecule has 4 aromatic rings. The number of rotatable bonds is 6. The van der Waals surface area contributed by atoms with Gasteiger partial charge < -0.3 is 10.1 Å². The predicted octanol–water partition coefficient (Wildman–Crippen LogP) is 1.68. The van der Waals surface area contributed by atoms with Gasteiger partial charge >= 0.3 is 0 Å². The lowest BCUT2D eigenvalue weighted by Crippen LogP contribution is -2.35. The van der Waals surface area contributed by atoms with Crippen LogP contribution >= 0.6 is 0 Å². The number of hydrogen-bond donors (Lipinski definition) is 1. The monoisotopic (exact) mass is 417 g/mol. The van der Waals surface area contributed by atoms with Crippen LogP contribution in [0.3, 0.4) is 0 Å². The summed E-state index contributed by atoms with van der Waals surface area (Å²) < 4.78 is 9.26. The third-order valence-corrected chi connectivity index (χ3v) is 5.33. The lowest BCUT2D eigenvalue weighted by molar-refractivity contribution is 0.0339. The number of ether oxygens (including phenoxy) is 1. The Bertz CT molecular complexity index is 1180. The summed E-state index contributed by atoms with van der Waals surface area (Å²) in [5.74, 6) is 0.476. The molecule has 1 aliphatic heterocycles. The summed E-state index contributed by atoms with van der Waals surface area (Å²) in [5, 5.41) is 2.89. The molecule has 1 N–H and O–H groups in total. The van der Waals surface area contributed by atoms with Crippen molar-refractivity contribution < 1.29 is 9.53 Å². The molecule has 0 radical (unpaired) electrons. The zero-order valence-electron chi connectivity index (χ0n) is 17.0. The van der Waals surface area contributed by atoms with Crippen LogP contribution in [0.1, 0.15) is 21.7 Å². The highest BCUT2D eigenvalue weighted by atomic mass is 16.5. The van der Waals surface area contributed by atoms with Crippen molar-refractivity contribution in [1.29, 1.82) is 0 Å². The molecule has 0 bridgehead atoms. The molecular weight excluding hydrogens is 394 g/mol. The van der Waals surface area contributed by atoms with E-state index in [1.807, 2.05) is 34.9 Å². The highest BCUT2D eigenvalue weighted by Gasteiger charge is 2.18. The second-order valence-electron chi connectivity index (χ2n) is 7.41. The van der Waals surface area contributed by atoms with Crippen LogP contribution in [0, 0.1) is 0 Å². The summed E-state index contributed by atoms with van der Waals surface area (Å²) in [6.07, 6.45) is 8.72. The quantitative estimate of drug-likeness (QED) is 0.513. The van der Waals surface area contributed by atoms with Gasteiger partial charge in [0.15, 0.2) is 0 Å². The molecule has 0 aliphatic carbocycles. The molecule has 0 aromatic carbocycles. The number of carbonyl (C=O) groups is 1. The normalized spacial score (nSPS) is 14.7. The smallest absolute Gasteiger partial charge is 0.271 e. The van der Waals surface area contributed by atoms with Crippen molar-refractivity contribution >= 4 is 11.4 Å². The topological polar surface area (TPSA) is 89.6 Å². The number of carbonyl (C=O) groups excluding carboxylic acids is 1. The first kappa shape index (κ1) is 19.4. The fraction of sp³-hybridized carbons (Fsp3) is 0.273. The zero-order chi connectivity index (χ0) is 21.0. The summed E-state index contributed by atoms with van der Waals surface area (Å²) in [5.41, 5.74) is 3.36. The van der Waals surface area contributed by atoms with E-state index in [0.29, 0.717) is 18.2 Å². The molecule has 1 fully saturated rings. The number of imidazole rings is 2. The van der Waals surface area contributed by atoms with Crippen LogP contribution in [-0.4, -0.2) is 61.0 Å². The van der Waals surface area contributed by atoms with Gasteiger partial charge in [-0.1, -0.05) is 6.07 Å². The molecule has 0 unspecified atom stereocenters. The van der Waals surface area contributed by atoms with E-state index in [1.165, 1.54) is 0 Å². The number of nitrogens with one attached hydrogen (secondary N) is 1. The Balaban J connectivity index is 1.37. The van der Waals surface area contributed by atoms with Crippen molar-refractivity contribution in [2.24, 2.45) is 0 Å². The van der Waals surface area contributed by atoms with Gasteiger partial charge in [0.1, 0.15) is 12.0 Å². The minimum Gasteiger partial charge on any atom is -0.379 e. The summed E-state index contributed by atoms with van der Waals surface area (Å²) >= 11 is 0. The van der Waals surface area contributed by atoms with Gasteiger partial charge in [-0.05, 0) is 29.8 Å². The maximum absolute atomic E-state index is 12.5. The van der Waals surface area contributed by atoms with Gasteiger partial charge in [0.2, 0.25) is 5.95 Å². The summed E-state index contributed by atoms with van der Waals surface area (Å²) in [6, 6.07) is 9.77. The molecule has 158 valence electrons. The van der Waals surface area contributed by atoms with Gasteiger partial charge in [-0.15, -0.1) is 0 Å². The number of amides is 1. The third kappa shape index (κ3) is 4.18. The molecule has 0 saturated carbocycles. The van der Waals surface area contributed by atoms with E-state index >= 15 is 0 Å². The molecule has 0 atom stereocenters. The van der Waals surface area contributed by atoms with Gasteiger partial charge in [0, 0.05) is 51.0 Å². The van der Waals surface area contributed by atoms with Crippen molar-refractivity contribution in [3.63, 3.8) is 0 Å². The maximum Gasteiger partial charge on any atom is 0.271 e. The van der Waals surface area contributed by atoms with Crippen LogP contribution < -0.4 is 5.32 Å². The highest BCUT2D eigenvalue weighted by Crippen LogP contribution is 2.19. The molecule has 4 aromatic heterocycles. The van der Waals surface area contributed by atoms with Gasteiger partial charge in [-0.3, -0.25) is 23.6 Å². The van der Waals surface area contributed by atoms with Gasteiger partial charge in [0.25, 0.3) is 5.91 Å². The Kier molecular flexibility index (Phi) is 5.42. The minimum atomic E-state index is -0.232. The fourth-order valence-corrected chi connectivity index (χ4v) is 3.68. The summed E-state index contributed by atoms with van der Waals surface area (Å²) in [4.78, 5) is 28.1. The molecule has 31 heavy (non-hydrogen) atoms. The van der Waals surface area contributed by atoms with Crippen LogP contribution in [0.4, 0.5) is 0 Å². The maximum atomic E-state index is 12.5. The van der Waals surface area contributed by atoms with Crippen molar-refractivity contribution in [3.8, 4) is 5.95 Å². The SMILES string of the molecule is O=C(NCc1ccncc1)c1cn(-c2nc(CN3CCOCC3)c3ccccn23)cn1. The molecule has 5 rings (SSSR count). The molecule has 0 spiro atoms. The highest BCUT2D eigenvalue weighted by molar-refractivity contribution is 5.92. The average molecular weight is 417 g/mol. The summed E-state index contributed by atoms with van der Waals surface area (Å²) in [6.45, 7) is 4.47. The largest absolute Gasteiger partial charge is 0.379 e. The average Bonchev–Trinajstić information content (AvgIpc) is 3.45. The van der Waals surface area contributed by atoms with Gasteiger partial charge in [0.05, 0.1) is 24.4 Å². The Morgan fingerprint density at radius 1 is 1.13 bits per heavy atom. The third-order valence-electron chi connectivity index (χ3n) is 5.33. The standard InChI is InChI=1S/C22H23N7O2/c30-21(24-13-17-4-6-23-7-5-17)19-15-28(16-25-19)22-26-18(14-27-9-11-31-12-10-27)20-3-1-2-8-29(20)22/h1-8,15-16H,9-14H2,(H,24,30). The Labute approximate surface area is 179 Å². The van der Waals surface area contributed by atoms with Crippen LogP contribution in [0.15, 0.2) is 61.4 Å². The molecule has 1 amide bonds. The lowest BCUT2D eigenvalue weighted by Gasteiger charge is -2.25. The summed E-state index contributed by atoms with van der Waals surface area (Å²) in [7, 11) is 0. The van der Waals surface area contributed by atoms with Crippen LogP contribution in [0.2, 0.25) is 0 Å². The lowest BCUT2D eigenvalue weighted by atomic mass is 10.2. The first-order valence-electron chi connectivity index (χ1n) is 10.3. The molecule has 1 saturated heterocycles. The van der Waals surface area contributed by atoms with E-state index in [9.17, 15) is 4.79 Å². The fourth-order valence-electron chi connectivity index (χ4n) is 3.68. The number of pyridine rings is 2. The predicted molar refractivity (Wildman–Crippen MR) is 114 cm³/mol. The molecular formula is C22H23N7O2. The number of aromatic nitrogens is 5. The van der Waals surface area contributed by atoms with Crippen molar-refractivity contribution in [1.82, 2.24) is 34.1 Å². The van der Waals surface area contributed by atoms with E-state index in [4.69, 9.17) is 9.72 Å². The van der Waals surface area contributed by atoms with Crippen molar-refractivity contribution in [3.05, 3.63) is 78.4 Å². The van der Waals surface area contributed by atoms with E-state index in [-0.39, 0.29) is 5.91 Å². The number of hydrogen-bond acceptors (Lipinski definition) is 6. The van der Waals surface area contributed by atoms with Gasteiger partial charge in [-0.2, -0.15) is 0 Å². The second kappa shape index (κ2) is 8.66. The van der Waals surface area contributed by atoms with E-state index < -0.39 is 0 Å². The van der Waals surface area contributed by atoms with Crippen LogP contribution in [0.25, 0.3) is 11.5 Å². The van der Waals surface area contributed by atoms with Crippen molar-refractivity contribution in [2.45, 2.75) is 13.1 Å². The molecule has 9 heteroatoms. The minimum absolute atomic E-state index is 0.232. The van der Waals surface area contributed by atoms with E-state index in [2.05, 4.69) is 26.3 Å².